The van der Waals surface area contributed by atoms with Gasteiger partial charge in [0, 0.05) is 37.2 Å². The largest absolute Gasteiger partial charge is 0.370 e. The fraction of sp³-hybridized carbons (Fsp3) is 0.522. The van der Waals surface area contributed by atoms with Crippen LogP contribution in [0.4, 0.5) is 17.3 Å². The van der Waals surface area contributed by atoms with E-state index in [4.69, 9.17) is 0 Å². The molecule has 1 aliphatic heterocycles. The zero-order valence-electron chi connectivity index (χ0n) is 17.6. The molecule has 0 spiro atoms. The maximum absolute atomic E-state index is 9.79. The SMILES string of the molecule is CCCCCNC1CCN(c2cc(CCC)c(C#N)c(Nc3ncccn3)c2)C1. The molecular weight excluding hydrogens is 360 g/mol. The molecule has 1 fully saturated rings. The molecular formula is C23H32N6. The number of hydrogen-bond donors (Lipinski definition) is 2. The van der Waals surface area contributed by atoms with Crippen LogP contribution in [-0.2, 0) is 6.42 Å². The van der Waals surface area contributed by atoms with Crippen LogP contribution >= 0.6 is 0 Å². The summed E-state index contributed by atoms with van der Waals surface area (Å²) in [6.45, 7) is 7.52. The van der Waals surface area contributed by atoms with Crippen molar-refractivity contribution in [1.82, 2.24) is 15.3 Å². The molecule has 2 heterocycles. The number of benzene rings is 1. The van der Waals surface area contributed by atoms with E-state index in [-0.39, 0.29) is 0 Å². The zero-order valence-corrected chi connectivity index (χ0v) is 17.6. The van der Waals surface area contributed by atoms with Gasteiger partial charge >= 0.3 is 0 Å². The fourth-order valence-corrected chi connectivity index (χ4v) is 3.89. The third kappa shape index (κ3) is 5.68. The maximum Gasteiger partial charge on any atom is 0.227 e. The summed E-state index contributed by atoms with van der Waals surface area (Å²) in [6.07, 6.45) is 10.2. The molecule has 154 valence electrons. The van der Waals surface area contributed by atoms with Crippen LogP contribution in [0.15, 0.2) is 30.6 Å². The molecule has 0 saturated carbocycles. The van der Waals surface area contributed by atoms with Crippen molar-refractivity contribution in [2.24, 2.45) is 0 Å². The molecule has 1 aromatic carbocycles. The molecule has 1 unspecified atom stereocenters. The standard InChI is InChI=1S/C23H32N6/c1-3-5-6-10-25-19-9-13-29(17-19)20-14-18(8-4-2)21(16-24)22(15-20)28-23-26-11-7-12-27-23/h7,11-12,14-15,19,25H,3-6,8-10,13,17H2,1-2H3,(H,26,27,28). The van der Waals surface area contributed by atoms with E-state index in [1.165, 1.54) is 24.9 Å². The van der Waals surface area contributed by atoms with Crippen LogP contribution < -0.4 is 15.5 Å². The van der Waals surface area contributed by atoms with Crippen LogP contribution in [0.5, 0.6) is 0 Å². The van der Waals surface area contributed by atoms with Gasteiger partial charge in [0.25, 0.3) is 0 Å². The van der Waals surface area contributed by atoms with Crippen molar-refractivity contribution in [2.45, 2.75) is 58.4 Å². The van der Waals surface area contributed by atoms with Crippen molar-refractivity contribution < 1.29 is 0 Å². The van der Waals surface area contributed by atoms with E-state index in [0.29, 0.717) is 17.6 Å². The van der Waals surface area contributed by atoms with Crippen LogP contribution in [0.2, 0.25) is 0 Å². The smallest absolute Gasteiger partial charge is 0.227 e. The molecule has 2 N–H and O–H groups in total. The van der Waals surface area contributed by atoms with E-state index in [1.54, 1.807) is 18.5 Å². The molecule has 2 aromatic rings. The van der Waals surface area contributed by atoms with E-state index in [1.807, 2.05) is 0 Å². The highest BCUT2D eigenvalue weighted by molar-refractivity contribution is 5.72. The molecule has 29 heavy (non-hydrogen) atoms. The summed E-state index contributed by atoms with van der Waals surface area (Å²) in [6, 6.07) is 8.97. The van der Waals surface area contributed by atoms with Crippen molar-refractivity contribution in [2.75, 3.05) is 29.9 Å². The van der Waals surface area contributed by atoms with Crippen molar-refractivity contribution in [3.63, 3.8) is 0 Å². The number of nitrogens with zero attached hydrogens (tertiary/aromatic N) is 4. The normalized spacial score (nSPS) is 16.0. The van der Waals surface area contributed by atoms with Crippen LogP contribution in [0.3, 0.4) is 0 Å². The molecule has 1 aliphatic rings. The highest BCUT2D eigenvalue weighted by atomic mass is 15.2. The third-order valence-corrected chi connectivity index (χ3v) is 5.41. The lowest BCUT2D eigenvalue weighted by Crippen LogP contribution is -2.33. The summed E-state index contributed by atoms with van der Waals surface area (Å²) >= 11 is 0. The van der Waals surface area contributed by atoms with Gasteiger partial charge in [-0.25, -0.2) is 9.97 Å². The van der Waals surface area contributed by atoms with Gasteiger partial charge in [-0.1, -0.05) is 33.1 Å². The predicted molar refractivity (Wildman–Crippen MR) is 119 cm³/mol. The quantitative estimate of drug-likeness (QED) is 0.584. The Morgan fingerprint density at radius 1 is 1.17 bits per heavy atom. The minimum atomic E-state index is 0.514. The Labute approximate surface area is 174 Å². The number of nitriles is 1. The predicted octanol–water partition coefficient (Wildman–Crippen LogP) is 4.40. The third-order valence-electron chi connectivity index (χ3n) is 5.41. The monoisotopic (exact) mass is 392 g/mol. The van der Waals surface area contributed by atoms with Gasteiger partial charge in [0.2, 0.25) is 5.95 Å². The second kappa shape index (κ2) is 10.8. The minimum absolute atomic E-state index is 0.514. The summed E-state index contributed by atoms with van der Waals surface area (Å²) < 4.78 is 0. The van der Waals surface area contributed by atoms with E-state index in [9.17, 15) is 5.26 Å². The summed E-state index contributed by atoms with van der Waals surface area (Å²) in [5.41, 5.74) is 3.74. The Hall–Kier alpha value is -2.65. The molecule has 0 radical (unpaired) electrons. The van der Waals surface area contributed by atoms with Gasteiger partial charge in [0.05, 0.1) is 11.3 Å². The number of aromatic nitrogens is 2. The molecule has 1 aromatic heterocycles. The number of aryl methyl sites for hydroxylation is 1. The van der Waals surface area contributed by atoms with E-state index in [2.05, 4.69) is 57.6 Å². The van der Waals surface area contributed by atoms with Gasteiger partial charge in [-0.05, 0) is 49.6 Å². The lowest BCUT2D eigenvalue weighted by molar-refractivity contribution is 0.528. The van der Waals surface area contributed by atoms with Gasteiger partial charge in [-0.3, -0.25) is 0 Å². The first kappa shape index (κ1) is 21.1. The molecule has 3 rings (SSSR count). The number of anilines is 3. The molecule has 0 bridgehead atoms. The summed E-state index contributed by atoms with van der Waals surface area (Å²) in [5.74, 6) is 0.514. The van der Waals surface area contributed by atoms with Gasteiger partial charge < -0.3 is 15.5 Å². The van der Waals surface area contributed by atoms with Crippen LogP contribution in [-0.4, -0.2) is 35.6 Å². The maximum atomic E-state index is 9.79. The van der Waals surface area contributed by atoms with Gasteiger partial charge in [-0.15, -0.1) is 0 Å². The van der Waals surface area contributed by atoms with Gasteiger partial charge in [0.15, 0.2) is 0 Å². The van der Waals surface area contributed by atoms with Crippen LogP contribution in [0.1, 0.15) is 57.1 Å². The number of rotatable bonds is 10. The van der Waals surface area contributed by atoms with E-state index >= 15 is 0 Å². The van der Waals surface area contributed by atoms with Crippen LogP contribution in [0, 0.1) is 11.3 Å². The number of nitrogens with one attached hydrogen (secondary N) is 2. The zero-order chi connectivity index (χ0) is 20.5. The highest BCUT2D eigenvalue weighted by Gasteiger charge is 2.24. The van der Waals surface area contributed by atoms with Gasteiger partial charge in [0.1, 0.15) is 6.07 Å². The van der Waals surface area contributed by atoms with Gasteiger partial charge in [-0.2, -0.15) is 5.26 Å². The summed E-state index contributed by atoms with van der Waals surface area (Å²) in [7, 11) is 0. The number of hydrogen-bond acceptors (Lipinski definition) is 6. The van der Waals surface area contributed by atoms with Crippen molar-refractivity contribution in [1.29, 1.82) is 5.26 Å². The Bertz CT molecular complexity index is 814. The van der Waals surface area contributed by atoms with E-state index < -0.39 is 0 Å². The van der Waals surface area contributed by atoms with Crippen molar-refractivity contribution in [3.8, 4) is 6.07 Å². The average Bonchev–Trinajstić information content (AvgIpc) is 3.21. The molecule has 1 saturated heterocycles. The second-order valence-corrected chi connectivity index (χ2v) is 7.68. The molecule has 6 heteroatoms. The molecule has 1 atom stereocenters. The minimum Gasteiger partial charge on any atom is -0.370 e. The summed E-state index contributed by atoms with van der Waals surface area (Å²) in [4.78, 5) is 10.9. The lowest BCUT2D eigenvalue weighted by atomic mass is 10.0. The first-order chi connectivity index (χ1) is 14.2. The summed E-state index contributed by atoms with van der Waals surface area (Å²) in [5, 5.41) is 16.8. The van der Waals surface area contributed by atoms with E-state index in [0.717, 1.165) is 50.1 Å². The second-order valence-electron chi connectivity index (χ2n) is 7.68. The van der Waals surface area contributed by atoms with Crippen molar-refractivity contribution in [3.05, 3.63) is 41.7 Å². The Morgan fingerprint density at radius 2 is 2.00 bits per heavy atom. The first-order valence-corrected chi connectivity index (χ1v) is 10.8. The topological polar surface area (TPSA) is 76.9 Å². The molecule has 6 nitrogen and oxygen atoms in total. The fourth-order valence-electron chi connectivity index (χ4n) is 3.89. The molecule has 0 aliphatic carbocycles. The Balaban J connectivity index is 1.79. The average molecular weight is 393 g/mol. The molecule has 0 amide bonds. The highest BCUT2D eigenvalue weighted by Crippen LogP contribution is 2.31. The van der Waals surface area contributed by atoms with Crippen LogP contribution in [0.25, 0.3) is 0 Å². The Kier molecular flexibility index (Phi) is 7.83. The van der Waals surface area contributed by atoms with Crippen molar-refractivity contribution >= 4 is 17.3 Å². The number of unbranched alkanes of at least 4 members (excludes halogenated alkanes) is 2. The Morgan fingerprint density at radius 3 is 2.72 bits per heavy atom. The first-order valence-electron chi connectivity index (χ1n) is 10.8. The lowest BCUT2D eigenvalue weighted by Gasteiger charge is -2.22.